The van der Waals surface area contributed by atoms with E-state index in [-0.39, 0.29) is 5.54 Å². The molecule has 0 amide bonds. The van der Waals surface area contributed by atoms with E-state index in [1.54, 1.807) is 11.8 Å². The van der Waals surface area contributed by atoms with Gasteiger partial charge in [0.2, 0.25) is 0 Å². The molecule has 3 heteroatoms. The van der Waals surface area contributed by atoms with Gasteiger partial charge in [-0.1, -0.05) is 6.07 Å². The lowest BCUT2D eigenvalue weighted by atomic mass is 9.96. The van der Waals surface area contributed by atoms with E-state index in [0.29, 0.717) is 0 Å². The van der Waals surface area contributed by atoms with Crippen LogP contribution in [0.15, 0.2) is 27.6 Å². The largest absolute Gasteiger partial charge is 0.325 e. The first kappa shape index (κ1) is 12.1. The van der Waals surface area contributed by atoms with E-state index in [4.69, 9.17) is 5.73 Å². The second kappa shape index (κ2) is 4.69. The van der Waals surface area contributed by atoms with Crippen LogP contribution < -0.4 is 5.73 Å². The van der Waals surface area contributed by atoms with E-state index < -0.39 is 0 Å². The Labute approximate surface area is 98.6 Å². The standard InChI is InChI=1S/C11H16BrNS/c1-11(2,13)7-8-4-5-10(14-3)9(12)6-8/h4-6H,7,13H2,1-3H3. The topological polar surface area (TPSA) is 26.0 Å². The molecule has 0 unspecified atom stereocenters. The average Bonchev–Trinajstić information content (AvgIpc) is 2.01. The predicted octanol–water partition coefficient (Wildman–Crippen LogP) is 3.45. The van der Waals surface area contributed by atoms with Crippen molar-refractivity contribution in [1.82, 2.24) is 0 Å². The highest BCUT2D eigenvalue weighted by molar-refractivity contribution is 9.10. The van der Waals surface area contributed by atoms with Gasteiger partial charge in [0.25, 0.3) is 0 Å². The monoisotopic (exact) mass is 273 g/mol. The average molecular weight is 274 g/mol. The smallest absolute Gasteiger partial charge is 0.0313 e. The van der Waals surface area contributed by atoms with Crippen LogP contribution in [0.4, 0.5) is 0 Å². The third kappa shape index (κ3) is 3.64. The number of nitrogens with two attached hydrogens (primary N) is 1. The summed E-state index contributed by atoms with van der Waals surface area (Å²) in [6.07, 6.45) is 2.98. The number of halogens is 1. The maximum Gasteiger partial charge on any atom is 0.0313 e. The maximum atomic E-state index is 5.97. The van der Waals surface area contributed by atoms with Crippen molar-refractivity contribution < 1.29 is 0 Å². The van der Waals surface area contributed by atoms with E-state index in [1.807, 2.05) is 13.8 Å². The maximum absolute atomic E-state index is 5.97. The number of rotatable bonds is 3. The van der Waals surface area contributed by atoms with Gasteiger partial charge in [-0.3, -0.25) is 0 Å². The van der Waals surface area contributed by atoms with Crippen LogP contribution in [0.3, 0.4) is 0 Å². The van der Waals surface area contributed by atoms with Crippen LogP contribution in [0.1, 0.15) is 19.4 Å². The summed E-state index contributed by atoms with van der Waals surface area (Å²) >= 11 is 5.30. The Bertz CT molecular complexity index is 318. The van der Waals surface area contributed by atoms with Crippen LogP contribution >= 0.6 is 27.7 Å². The Hall–Kier alpha value is 0.01000. The van der Waals surface area contributed by atoms with Crippen LogP contribution in [0.25, 0.3) is 0 Å². The van der Waals surface area contributed by atoms with Crippen molar-refractivity contribution >= 4 is 27.7 Å². The van der Waals surface area contributed by atoms with Crippen LogP contribution in [0, 0.1) is 0 Å². The summed E-state index contributed by atoms with van der Waals surface area (Å²) in [5.41, 5.74) is 7.11. The quantitative estimate of drug-likeness (QED) is 0.854. The van der Waals surface area contributed by atoms with Gasteiger partial charge in [0.1, 0.15) is 0 Å². The lowest BCUT2D eigenvalue weighted by molar-refractivity contribution is 0.516. The van der Waals surface area contributed by atoms with E-state index in [1.165, 1.54) is 10.5 Å². The van der Waals surface area contributed by atoms with Gasteiger partial charge in [0, 0.05) is 14.9 Å². The van der Waals surface area contributed by atoms with Crippen LogP contribution in [-0.4, -0.2) is 11.8 Å². The molecule has 1 aromatic carbocycles. The Morgan fingerprint density at radius 3 is 2.50 bits per heavy atom. The molecule has 0 bridgehead atoms. The normalized spacial score (nSPS) is 11.8. The molecular formula is C11H16BrNS. The van der Waals surface area contributed by atoms with E-state index >= 15 is 0 Å². The van der Waals surface area contributed by atoms with Crippen LogP contribution in [0.5, 0.6) is 0 Å². The molecule has 0 heterocycles. The minimum absolute atomic E-state index is 0.139. The highest BCUT2D eigenvalue weighted by atomic mass is 79.9. The van der Waals surface area contributed by atoms with E-state index in [0.717, 1.165) is 10.9 Å². The number of hydrogen-bond donors (Lipinski definition) is 1. The molecule has 2 N–H and O–H groups in total. The summed E-state index contributed by atoms with van der Waals surface area (Å²) in [4.78, 5) is 1.27. The van der Waals surface area contributed by atoms with Crippen molar-refractivity contribution in [3.8, 4) is 0 Å². The summed E-state index contributed by atoms with van der Waals surface area (Å²) < 4.78 is 1.16. The molecule has 0 aliphatic heterocycles. The molecule has 1 nitrogen and oxygen atoms in total. The SMILES string of the molecule is CSc1ccc(CC(C)(C)N)cc1Br. The zero-order valence-electron chi connectivity index (χ0n) is 8.80. The zero-order chi connectivity index (χ0) is 10.8. The third-order valence-corrected chi connectivity index (χ3v) is 3.59. The van der Waals surface area contributed by atoms with Crippen molar-refractivity contribution in [2.24, 2.45) is 5.73 Å². The number of benzene rings is 1. The van der Waals surface area contributed by atoms with Gasteiger partial charge < -0.3 is 5.73 Å². The summed E-state index contributed by atoms with van der Waals surface area (Å²) in [5, 5.41) is 0. The first-order chi connectivity index (χ1) is 6.42. The first-order valence-electron chi connectivity index (χ1n) is 4.54. The lowest BCUT2D eigenvalue weighted by Crippen LogP contribution is -2.34. The fourth-order valence-corrected chi connectivity index (χ4v) is 2.72. The van der Waals surface area contributed by atoms with Gasteiger partial charge in [-0.05, 0) is 60.2 Å². The molecule has 1 aromatic rings. The van der Waals surface area contributed by atoms with Crippen molar-refractivity contribution in [3.05, 3.63) is 28.2 Å². The predicted molar refractivity (Wildman–Crippen MR) is 67.9 cm³/mol. The van der Waals surface area contributed by atoms with Crippen LogP contribution in [0.2, 0.25) is 0 Å². The molecule has 0 atom stereocenters. The third-order valence-electron chi connectivity index (χ3n) is 1.88. The number of hydrogen-bond acceptors (Lipinski definition) is 2. The molecule has 0 aliphatic rings. The van der Waals surface area contributed by atoms with Crippen LogP contribution in [-0.2, 0) is 6.42 Å². The Morgan fingerprint density at radius 1 is 1.43 bits per heavy atom. The Morgan fingerprint density at radius 2 is 2.07 bits per heavy atom. The van der Waals surface area contributed by atoms with E-state index in [9.17, 15) is 0 Å². The molecule has 0 aliphatic carbocycles. The van der Waals surface area contributed by atoms with Crippen molar-refractivity contribution in [2.75, 3.05) is 6.26 Å². The molecule has 1 rings (SSSR count). The van der Waals surface area contributed by atoms with Crippen molar-refractivity contribution in [2.45, 2.75) is 30.7 Å². The van der Waals surface area contributed by atoms with Gasteiger partial charge >= 0.3 is 0 Å². The summed E-state index contributed by atoms with van der Waals surface area (Å²) in [5.74, 6) is 0. The minimum atomic E-state index is -0.139. The van der Waals surface area contributed by atoms with Gasteiger partial charge in [0.05, 0.1) is 0 Å². The van der Waals surface area contributed by atoms with Gasteiger partial charge in [-0.2, -0.15) is 0 Å². The molecule has 0 saturated carbocycles. The minimum Gasteiger partial charge on any atom is -0.325 e. The second-order valence-corrected chi connectivity index (χ2v) is 5.84. The highest BCUT2D eigenvalue weighted by Crippen LogP contribution is 2.27. The number of thioether (sulfide) groups is 1. The zero-order valence-corrected chi connectivity index (χ0v) is 11.2. The van der Waals surface area contributed by atoms with E-state index in [2.05, 4.69) is 40.4 Å². The van der Waals surface area contributed by atoms with Gasteiger partial charge in [-0.25, -0.2) is 0 Å². The fraction of sp³-hybridized carbons (Fsp3) is 0.455. The van der Waals surface area contributed by atoms with Crippen molar-refractivity contribution in [3.63, 3.8) is 0 Å². The Kier molecular flexibility index (Phi) is 4.04. The fourth-order valence-electron chi connectivity index (χ4n) is 1.35. The highest BCUT2D eigenvalue weighted by Gasteiger charge is 2.12. The lowest BCUT2D eigenvalue weighted by Gasteiger charge is -2.18. The molecule has 14 heavy (non-hydrogen) atoms. The van der Waals surface area contributed by atoms with Gasteiger partial charge in [-0.15, -0.1) is 11.8 Å². The first-order valence-corrected chi connectivity index (χ1v) is 6.55. The Balaban J connectivity index is 2.87. The van der Waals surface area contributed by atoms with Crippen molar-refractivity contribution in [1.29, 1.82) is 0 Å². The second-order valence-electron chi connectivity index (χ2n) is 4.13. The molecule has 0 spiro atoms. The molecule has 0 saturated heterocycles. The molecule has 0 fully saturated rings. The molecule has 0 aromatic heterocycles. The molecular weight excluding hydrogens is 258 g/mol. The molecule has 0 radical (unpaired) electrons. The summed E-state index contributed by atoms with van der Waals surface area (Å²) in [7, 11) is 0. The van der Waals surface area contributed by atoms with Gasteiger partial charge in [0.15, 0.2) is 0 Å². The molecule has 78 valence electrons. The summed E-state index contributed by atoms with van der Waals surface area (Å²) in [6, 6.07) is 6.43. The summed E-state index contributed by atoms with van der Waals surface area (Å²) in [6.45, 7) is 4.09.